The molecule has 1 saturated heterocycles. The van der Waals surface area contributed by atoms with Crippen molar-refractivity contribution in [2.24, 2.45) is 4.99 Å². The summed E-state index contributed by atoms with van der Waals surface area (Å²) in [7, 11) is 3.98. The van der Waals surface area contributed by atoms with E-state index >= 15 is 0 Å². The van der Waals surface area contributed by atoms with Crippen molar-refractivity contribution in [3.05, 3.63) is 35.9 Å². The van der Waals surface area contributed by atoms with Crippen LogP contribution in [0.2, 0.25) is 0 Å². The molecule has 0 aromatic heterocycles. The van der Waals surface area contributed by atoms with E-state index < -0.39 is 0 Å². The Balaban J connectivity index is 1.67. The van der Waals surface area contributed by atoms with Gasteiger partial charge in [0, 0.05) is 27.2 Å². The summed E-state index contributed by atoms with van der Waals surface area (Å²) in [6, 6.07) is 10.3. The number of rotatable bonds is 7. The van der Waals surface area contributed by atoms with Crippen LogP contribution in [0.4, 0.5) is 0 Å². The van der Waals surface area contributed by atoms with Crippen LogP contribution in [0.15, 0.2) is 35.3 Å². The molecule has 2 rings (SSSR count). The van der Waals surface area contributed by atoms with Crippen LogP contribution in [-0.2, 0) is 16.0 Å². The van der Waals surface area contributed by atoms with Crippen LogP contribution in [0.1, 0.15) is 18.4 Å². The first kappa shape index (κ1) is 16.8. The van der Waals surface area contributed by atoms with Crippen LogP contribution in [0, 0.1) is 0 Å². The number of aliphatic imine (C=N–C) groups is 1. The Labute approximate surface area is 133 Å². The lowest BCUT2D eigenvalue weighted by atomic mass is 10.2. The highest BCUT2D eigenvalue weighted by atomic mass is 16.5. The number of benzene rings is 1. The van der Waals surface area contributed by atoms with E-state index in [0.717, 1.165) is 32.0 Å². The molecular weight excluding hydrogens is 278 g/mol. The second-order valence-corrected chi connectivity index (χ2v) is 5.66. The molecule has 0 bridgehead atoms. The molecule has 122 valence electrons. The van der Waals surface area contributed by atoms with Gasteiger partial charge in [-0.3, -0.25) is 0 Å². The zero-order valence-corrected chi connectivity index (χ0v) is 13.6. The van der Waals surface area contributed by atoms with Crippen LogP contribution in [0.3, 0.4) is 0 Å². The van der Waals surface area contributed by atoms with Gasteiger partial charge >= 0.3 is 0 Å². The van der Waals surface area contributed by atoms with Crippen molar-refractivity contribution >= 4 is 5.96 Å². The third-order valence-electron chi connectivity index (χ3n) is 3.54. The highest BCUT2D eigenvalue weighted by molar-refractivity contribution is 5.79. The summed E-state index contributed by atoms with van der Waals surface area (Å²) < 4.78 is 11.2. The van der Waals surface area contributed by atoms with Crippen molar-refractivity contribution in [2.75, 3.05) is 40.5 Å². The predicted molar refractivity (Wildman–Crippen MR) is 89.1 cm³/mol. The first-order chi connectivity index (χ1) is 10.8. The molecule has 5 nitrogen and oxygen atoms in total. The topological polar surface area (TPSA) is 46.1 Å². The second kappa shape index (κ2) is 9.43. The summed E-state index contributed by atoms with van der Waals surface area (Å²) in [6.07, 6.45) is 2.57. The number of ether oxygens (including phenoxy) is 2. The Morgan fingerprint density at radius 3 is 2.86 bits per heavy atom. The van der Waals surface area contributed by atoms with Gasteiger partial charge in [0.2, 0.25) is 0 Å². The van der Waals surface area contributed by atoms with Gasteiger partial charge in [0.1, 0.15) is 0 Å². The lowest BCUT2D eigenvalue weighted by Crippen LogP contribution is -2.38. The van der Waals surface area contributed by atoms with Crippen molar-refractivity contribution in [2.45, 2.75) is 25.5 Å². The van der Waals surface area contributed by atoms with Gasteiger partial charge in [-0.1, -0.05) is 30.3 Å². The molecule has 1 aromatic carbocycles. The fourth-order valence-electron chi connectivity index (χ4n) is 2.33. The van der Waals surface area contributed by atoms with Gasteiger partial charge in [-0.25, -0.2) is 4.99 Å². The van der Waals surface area contributed by atoms with E-state index in [-0.39, 0.29) is 0 Å². The Kier molecular flexibility index (Phi) is 7.19. The zero-order valence-electron chi connectivity index (χ0n) is 13.6. The highest BCUT2D eigenvalue weighted by Crippen LogP contribution is 2.11. The lowest BCUT2D eigenvalue weighted by molar-refractivity contribution is 0.0190. The number of hydrogen-bond donors (Lipinski definition) is 1. The van der Waals surface area contributed by atoms with Crippen molar-refractivity contribution in [1.82, 2.24) is 10.2 Å². The molecule has 5 heteroatoms. The van der Waals surface area contributed by atoms with Crippen molar-refractivity contribution in [3.8, 4) is 0 Å². The molecule has 0 radical (unpaired) electrons. The Hall–Kier alpha value is -1.59. The summed E-state index contributed by atoms with van der Waals surface area (Å²) in [4.78, 5) is 6.61. The maximum atomic E-state index is 5.65. The molecule has 1 N–H and O–H groups in total. The largest absolute Gasteiger partial charge is 0.377 e. The molecule has 0 amide bonds. The van der Waals surface area contributed by atoms with Crippen molar-refractivity contribution in [3.63, 3.8) is 0 Å². The molecule has 0 spiro atoms. The Bertz CT molecular complexity index is 442. The average molecular weight is 305 g/mol. The second-order valence-electron chi connectivity index (χ2n) is 5.66. The molecule has 1 unspecified atom stereocenters. The van der Waals surface area contributed by atoms with E-state index in [1.807, 2.05) is 37.2 Å². The van der Waals surface area contributed by atoms with Gasteiger partial charge < -0.3 is 19.7 Å². The molecule has 22 heavy (non-hydrogen) atoms. The SMILES string of the molecule is CN(C)C(=NCc1ccccc1)NCCOCC1CCCO1. The maximum Gasteiger partial charge on any atom is 0.193 e. The van der Waals surface area contributed by atoms with Gasteiger partial charge in [0.05, 0.1) is 25.9 Å². The highest BCUT2D eigenvalue weighted by Gasteiger charge is 2.14. The van der Waals surface area contributed by atoms with Crippen LogP contribution in [0.25, 0.3) is 0 Å². The molecule has 1 aromatic rings. The summed E-state index contributed by atoms with van der Waals surface area (Å²) in [5.74, 6) is 0.879. The molecule has 1 heterocycles. The van der Waals surface area contributed by atoms with Crippen molar-refractivity contribution in [1.29, 1.82) is 0 Å². The van der Waals surface area contributed by atoms with Crippen LogP contribution >= 0.6 is 0 Å². The molecular formula is C17H27N3O2. The molecule has 1 aliphatic rings. The van der Waals surface area contributed by atoms with Crippen LogP contribution in [0.5, 0.6) is 0 Å². The average Bonchev–Trinajstić information content (AvgIpc) is 3.04. The normalized spacial score (nSPS) is 18.5. The molecule has 0 aliphatic carbocycles. The van der Waals surface area contributed by atoms with Gasteiger partial charge in [-0.15, -0.1) is 0 Å². The molecule has 1 atom stereocenters. The predicted octanol–water partition coefficient (Wildman–Crippen LogP) is 1.89. The summed E-state index contributed by atoms with van der Waals surface area (Å²) in [6.45, 7) is 3.66. The summed E-state index contributed by atoms with van der Waals surface area (Å²) >= 11 is 0. The first-order valence-corrected chi connectivity index (χ1v) is 7.94. The van der Waals surface area contributed by atoms with E-state index in [1.54, 1.807) is 0 Å². The monoisotopic (exact) mass is 305 g/mol. The quantitative estimate of drug-likeness (QED) is 0.475. The van der Waals surface area contributed by atoms with E-state index in [4.69, 9.17) is 9.47 Å². The molecule has 0 saturated carbocycles. The number of guanidine groups is 1. The van der Waals surface area contributed by atoms with Crippen LogP contribution < -0.4 is 5.32 Å². The minimum atomic E-state index is 0.292. The number of nitrogens with zero attached hydrogens (tertiary/aromatic N) is 2. The maximum absolute atomic E-state index is 5.65. The lowest BCUT2D eigenvalue weighted by Gasteiger charge is -2.18. The standard InChI is InChI=1S/C17H27N3O2/c1-20(2)17(19-13-15-7-4-3-5-8-15)18-10-12-21-14-16-9-6-11-22-16/h3-5,7-8,16H,6,9-14H2,1-2H3,(H,18,19). The van der Waals surface area contributed by atoms with E-state index in [2.05, 4.69) is 22.4 Å². The number of nitrogens with one attached hydrogen (secondary N) is 1. The minimum Gasteiger partial charge on any atom is -0.377 e. The smallest absolute Gasteiger partial charge is 0.193 e. The molecule has 1 aliphatic heterocycles. The van der Waals surface area contributed by atoms with E-state index in [0.29, 0.717) is 25.9 Å². The third kappa shape index (κ3) is 6.03. The van der Waals surface area contributed by atoms with Gasteiger partial charge in [0.25, 0.3) is 0 Å². The van der Waals surface area contributed by atoms with E-state index in [1.165, 1.54) is 5.56 Å². The molecule has 1 fully saturated rings. The fourth-order valence-corrected chi connectivity index (χ4v) is 2.33. The number of hydrogen-bond acceptors (Lipinski definition) is 3. The van der Waals surface area contributed by atoms with Gasteiger partial charge in [-0.2, -0.15) is 0 Å². The van der Waals surface area contributed by atoms with Gasteiger partial charge in [0.15, 0.2) is 5.96 Å². The fraction of sp³-hybridized carbons (Fsp3) is 0.588. The summed E-state index contributed by atoms with van der Waals surface area (Å²) in [5, 5.41) is 3.32. The third-order valence-corrected chi connectivity index (χ3v) is 3.54. The Morgan fingerprint density at radius 2 is 2.18 bits per heavy atom. The van der Waals surface area contributed by atoms with Gasteiger partial charge in [-0.05, 0) is 18.4 Å². The first-order valence-electron chi connectivity index (χ1n) is 7.94. The summed E-state index contributed by atoms with van der Waals surface area (Å²) in [5.41, 5.74) is 1.21. The minimum absolute atomic E-state index is 0.292. The Morgan fingerprint density at radius 1 is 1.36 bits per heavy atom. The zero-order chi connectivity index (χ0) is 15.6. The van der Waals surface area contributed by atoms with Crippen LogP contribution in [-0.4, -0.2) is 57.4 Å². The van der Waals surface area contributed by atoms with Crippen molar-refractivity contribution < 1.29 is 9.47 Å². The van der Waals surface area contributed by atoms with E-state index in [9.17, 15) is 0 Å².